The zero-order chi connectivity index (χ0) is 13.8. The lowest BCUT2D eigenvalue weighted by Gasteiger charge is -2.34. The van der Waals surface area contributed by atoms with Crippen molar-refractivity contribution in [3.8, 4) is 0 Å². The molecule has 2 heterocycles. The van der Waals surface area contributed by atoms with Crippen LogP contribution >= 0.6 is 0 Å². The highest BCUT2D eigenvalue weighted by atomic mass is 16.2. The van der Waals surface area contributed by atoms with Crippen LogP contribution in [0.2, 0.25) is 0 Å². The minimum Gasteiger partial charge on any atom is -0.337 e. The minimum atomic E-state index is 0.248. The van der Waals surface area contributed by atoms with E-state index in [1.165, 1.54) is 0 Å². The smallest absolute Gasteiger partial charge is 0.224 e. The molecule has 1 N–H and O–H groups in total. The van der Waals surface area contributed by atoms with Gasteiger partial charge in [-0.25, -0.2) is 4.98 Å². The molecule has 0 unspecified atom stereocenters. The first kappa shape index (κ1) is 14.1. The Bertz CT molecular complexity index is 427. The van der Waals surface area contributed by atoms with Gasteiger partial charge < -0.3 is 14.8 Å². The summed E-state index contributed by atoms with van der Waals surface area (Å²) >= 11 is 0. The lowest BCUT2D eigenvalue weighted by atomic mass is 10.2. The molecule has 1 atom stereocenters. The van der Waals surface area contributed by atoms with Crippen molar-refractivity contribution in [3.05, 3.63) is 18.2 Å². The first-order valence-corrected chi connectivity index (χ1v) is 7.10. The van der Waals surface area contributed by atoms with E-state index in [-0.39, 0.29) is 5.91 Å². The van der Waals surface area contributed by atoms with E-state index in [9.17, 15) is 4.79 Å². The van der Waals surface area contributed by atoms with Crippen molar-refractivity contribution < 1.29 is 4.79 Å². The van der Waals surface area contributed by atoms with Gasteiger partial charge in [-0.3, -0.25) is 4.79 Å². The van der Waals surface area contributed by atoms with Gasteiger partial charge in [0.15, 0.2) is 0 Å². The fourth-order valence-corrected chi connectivity index (χ4v) is 2.58. The van der Waals surface area contributed by atoms with E-state index in [0.717, 1.165) is 32.0 Å². The van der Waals surface area contributed by atoms with Gasteiger partial charge in [0, 0.05) is 57.0 Å². The van der Waals surface area contributed by atoms with Gasteiger partial charge in [-0.1, -0.05) is 13.8 Å². The van der Waals surface area contributed by atoms with Gasteiger partial charge >= 0.3 is 0 Å². The van der Waals surface area contributed by atoms with Gasteiger partial charge in [0.1, 0.15) is 5.82 Å². The average molecular weight is 264 g/mol. The SMILES string of the molecule is CC(C)c1nccn1CCC(=O)N1CCNC[C@H]1C. The third-order valence-corrected chi connectivity index (χ3v) is 3.65. The molecule has 5 heteroatoms. The fraction of sp³-hybridized carbons (Fsp3) is 0.714. The summed E-state index contributed by atoms with van der Waals surface area (Å²) in [5, 5.41) is 3.30. The van der Waals surface area contributed by atoms with Crippen molar-refractivity contribution in [2.24, 2.45) is 0 Å². The third-order valence-electron chi connectivity index (χ3n) is 3.65. The van der Waals surface area contributed by atoms with E-state index in [1.807, 2.05) is 17.3 Å². The molecule has 0 aliphatic carbocycles. The van der Waals surface area contributed by atoms with E-state index in [0.29, 0.717) is 18.4 Å². The molecule has 1 amide bonds. The van der Waals surface area contributed by atoms with Crippen molar-refractivity contribution >= 4 is 5.91 Å². The Morgan fingerprint density at radius 3 is 3.05 bits per heavy atom. The summed E-state index contributed by atoms with van der Waals surface area (Å²) < 4.78 is 2.09. The molecule has 106 valence electrons. The number of piperazine rings is 1. The number of hydrogen-bond donors (Lipinski definition) is 1. The molecular weight excluding hydrogens is 240 g/mol. The molecule has 1 aromatic rings. The van der Waals surface area contributed by atoms with Crippen molar-refractivity contribution in [1.82, 2.24) is 19.8 Å². The van der Waals surface area contributed by atoms with Crippen LogP contribution in [0.4, 0.5) is 0 Å². The monoisotopic (exact) mass is 264 g/mol. The highest BCUT2D eigenvalue weighted by Crippen LogP contribution is 2.13. The Labute approximate surface area is 115 Å². The Kier molecular flexibility index (Phi) is 4.58. The van der Waals surface area contributed by atoms with E-state index < -0.39 is 0 Å². The zero-order valence-corrected chi connectivity index (χ0v) is 12.1. The Morgan fingerprint density at radius 2 is 2.37 bits per heavy atom. The van der Waals surface area contributed by atoms with E-state index in [4.69, 9.17) is 0 Å². The van der Waals surface area contributed by atoms with Crippen molar-refractivity contribution in [2.75, 3.05) is 19.6 Å². The summed E-state index contributed by atoms with van der Waals surface area (Å²) in [5.41, 5.74) is 0. The van der Waals surface area contributed by atoms with Crippen molar-refractivity contribution in [2.45, 2.75) is 45.7 Å². The van der Waals surface area contributed by atoms with Crippen LogP contribution in [0, 0.1) is 0 Å². The van der Waals surface area contributed by atoms with E-state index in [1.54, 1.807) is 0 Å². The second-order valence-electron chi connectivity index (χ2n) is 5.52. The summed E-state index contributed by atoms with van der Waals surface area (Å²) in [7, 11) is 0. The van der Waals surface area contributed by atoms with Gasteiger partial charge in [0.05, 0.1) is 0 Å². The fourth-order valence-electron chi connectivity index (χ4n) is 2.58. The van der Waals surface area contributed by atoms with Crippen LogP contribution in [0.1, 0.15) is 38.9 Å². The molecule has 0 saturated carbocycles. The highest BCUT2D eigenvalue weighted by Gasteiger charge is 2.22. The van der Waals surface area contributed by atoms with Crippen LogP contribution in [0.5, 0.6) is 0 Å². The van der Waals surface area contributed by atoms with E-state index >= 15 is 0 Å². The quantitative estimate of drug-likeness (QED) is 0.889. The molecular formula is C14H24N4O. The number of imidazole rings is 1. The molecule has 2 rings (SSSR count). The van der Waals surface area contributed by atoms with Crippen LogP contribution in [0.3, 0.4) is 0 Å². The van der Waals surface area contributed by atoms with Gasteiger partial charge in [0.25, 0.3) is 0 Å². The standard InChI is InChI=1S/C14H24N4O/c1-11(2)14-16-6-8-17(14)7-4-13(19)18-9-5-15-10-12(18)3/h6,8,11-12,15H,4-5,7,9-10H2,1-3H3/t12-/m1/s1. The Hall–Kier alpha value is -1.36. The number of aryl methyl sites for hydroxylation is 1. The predicted octanol–water partition coefficient (Wildman–Crippen LogP) is 1.22. The van der Waals surface area contributed by atoms with Crippen LogP contribution < -0.4 is 5.32 Å². The molecule has 1 fully saturated rings. The van der Waals surface area contributed by atoms with Gasteiger partial charge in [0.2, 0.25) is 5.91 Å². The zero-order valence-electron chi connectivity index (χ0n) is 12.1. The molecule has 0 aromatic carbocycles. The number of nitrogens with zero attached hydrogens (tertiary/aromatic N) is 3. The van der Waals surface area contributed by atoms with E-state index in [2.05, 4.69) is 35.6 Å². The average Bonchev–Trinajstić information content (AvgIpc) is 2.85. The van der Waals surface area contributed by atoms with Gasteiger partial charge in [-0.05, 0) is 6.92 Å². The maximum atomic E-state index is 12.2. The number of carbonyl (C=O) groups is 1. The molecule has 1 aliphatic rings. The first-order valence-electron chi connectivity index (χ1n) is 7.10. The summed E-state index contributed by atoms with van der Waals surface area (Å²) in [6, 6.07) is 0.300. The van der Waals surface area contributed by atoms with Crippen LogP contribution in [-0.4, -0.2) is 46.0 Å². The highest BCUT2D eigenvalue weighted by molar-refractivity contribution is 5.76. The molecule has 19 heavy (non-hydrogen) atoms. The summed E-state index contributed by atoms with van der Waals surface area (Å²) in [4.78, 5) is 18.6. The molecule has 1 aromatic heterocycles. The normalized spacial score (nSPS) is 20.0. The van der Waals surface area contributed by atoms with Crippen molar-refractivity contribution in [1.29, 1.82) is 0 Å². The summed E-state index contributed by atoms with van der Waals surface area (Å²) in [6.45, 7) is 9.69. The Morgan fingerprint density at radius 1 is 1.58 bits per heavy atom. The molecule has 5 nitrogen and oxygen atoms in total. The number of aromatic nitrogens is 2. The molecule has 0 spiro atoms. The molecule has 0 bridgehead atoms. The van der Waals surface area contributed by atoms with Crippen LogP contribution in [-0.2, 0) is 11.3 Å². The molecule has 1 saturated heterocycles. The lowest BCUT2D eigenvalue weighted by Crippen LogP contribution is -2.52. The molecule has 0 radical (unpaired) electrons. The second kappa shape index (κ2) is 6.19. The largest absolute Gasteiger partial charge is 0.337 e. The number of hydrogen-bond acceptors (Lipinski definition) is 3. The predicted molar refractivity (Wildman–Crippen MR) is 75.0 cm³/mol. The van der Waals surface area contributed by atoms with Gasteiger partial charge in [-0.2, -0.15) is 0 Å². The number of rotatable bonds is 4. The van der Waals surface area contributed by atoms with Gasteiger partial charge in [-0.15, -0.1) is 0 Å². The summed E-state index contributed by atoms with van der Waals surface area (Å²) in [6.07, 6.45) is 4.33. The Balaban J connectivity index is 1.91. The maximum Gasteiger partial charge on any atom is 0.224 e. The number of carbonyl (C=O) groups excluding carboxylic acids is 1. The number of nitrogens with one attached hydrogen (secondary N) is 1. The summed E-state index contributed by atoms with van der Waals surface area (Å²) in [5.74, 6) is 1.70. The molecule has 1 aliphatic heterocycles. The minimum absolute atomic E-state index is 0.248. The lowest BCUT2D eigenvalue weighted by molar-refractivity contribution is -0.134. The maximum absolute atomic E-state index is 12.2. The third kappa shape index (κ3) is 3.35. The first-order chi connectivity index (χ1) is 9.09. The topological polar surface area (TPSA) is 50.2 Å². The van der Waals surface area contributed by atoms with Crippen molar-refractivity contribution in [3.63, 3.8) is 0 Å². The number of amides is 1. The van der Waals surface area contributed by atoms with Crippen LogP contribution in [0.25, 0.3) is 0 Å². The van der Waals surface area contributed by atoms with Crippen LogP contribution in [0.15, 0.2) is 12.4 Å². The second-order valence-corrected chi connectivity index (χ2v) is 5.52.